The van der Waals surface area contributed by atoms with Crippen molar-refractivity contribution in [3.05, 3.63) is 29.3 Å². The third-order valence-corrected chi connectivity index (χ3v) is 4.93. The number of hydrogen-bond acceptors (Lipinski definition) is 2. The van der Waals surface area contributed by atoms with E-state index in [2.05, 4.69) is 64.6 Å². The van der Waals surface area contributed by atoms with Crippen LogP contribution in [0, 0.1) is 6.92 Å². The van der Waals surface area contributed by atoms with Crippen molar-refractivity contribution in [2.45, 2.75) is 25.2 Å². The number of nitrogens with zero attached hydrogens (tertiary/aromatic N) is 1. The van der Waals surface area contributed by atoms with Crippen molar-refractivity contribution >= 4 is 33.4 Å². The standard InChI is InChI=1S/C13H18BrNS/c1-10-7-12(8-14)3-4-13(10)15-5-6-16-9-11(15)2/h3-4,7,11H,5-6,8-9H2,1-2H3. The maximum atomic E-state index is 3.51. The quantitative estimate of drug-likeness (QED) is 0.764. The van der Waals surface area contributed by atoms with Crippen LogP contribution in [0.3, 0.4) is 0 Å². The van der Waals surface area contributed by atoms with Crippen LogP contribution in [0.2, 0.25) is 0 Å². The fraction of sp³-hybridized carbons (Fsp3) is 0.538. The summed E-state index contributed by atoms with van der Waals surface area (Å²) in [6.07, 6.45) is 0. The first-order valence-corrected chi connectivity index (χ1v) is 8.00. The first-order chi connectivity index (χ1) is 7.72. The Labute approximate surface area is 111 Å². The zero-order valence-corrected chi connectivity index (χ0v) is 12.3. The van der Waals surface area contributed by atoms with Gasteiger partial charge in [-0.2, -0.15) is 11.8 Å². The Morgan fingerprint density at radius 2 is 2.31 bits per heavy atom. The molecule has 1 aliphatic heterocycles. The molecule has 1 aromatic rings. The molecule has 1 aromatic carbocycles. The van der Waals surface area contributed by atoms with Crippen LogP contribution < -0.4 is 4.90 Å². The molecule has 0 spiro atoms. The predicted molar refractivity (Wildman–Crippen MR) is 77.9 cm³/mol. The largest absolute Gasteiger partial charge is 0.367 e. The second-order valence-corrected chi connectivity index (χ2v) is 6.08. The molecule has 0 aliphatic carbocycles. The molecule has 3 heteroatoms. The zero-order valence-electron chi connectivity index (χ0n) is 9.87. The SMILES string of the molecule is Cc1cc(CBr)ccc1N1CCSCC1C. The van der Waals surface area contributed by atoms with Crippen molar-refractivity contribution in [3.63, 3.8) is 0 Å². The summed E-state index contributed by atoms with van der Waals surface area (Å²) in [7, 11) is 0. The van der Waals surface area contributed by atoms with Gasteiger partial charge in [0.2, 0.25) is 0 Å². The molecule has 1 atom stereocenters. The van der Waals surface area contributed by atoms with Crippen molar-refractivity contribution in [3.8, 4) is 0 Å². The van der Waals surface area contributed by atoms with Gasteiger partial charge in [-0.3, -0.25) is 0 Å². The highest BCUT2D eigenvalue weighted by molar-refractivity contribution is 9.08. The Bertz CT molecular complexity index is 367. The number of aryl methyl sites for hydroxylation is 1. The molecule has 1 heterocycles. The highest BCUT2D eigenvalue weighted by Gasteiger charge is 2.20. The second kappa shape index (κ2) is 5.46. The second-order valence-electron chi connectivity index (χ2n) is 4.37. The lowest BCUT2D eigenvalue weighted by molar-refractivity contribution is 0.698. The molecule has 1 nitrogen and oxygen atoms in total. The average Bonchev–Trinajstić information content (AvgIpc) is 2.30. The summed E-state index contributed by atoms with van der Waals surface area (Å²) in [5.74, 6) is 2.50. The van der Waals surface area contributed by atoms with Crippen LogP contribution in [-0.4, -0.2) is 24.1 Å². The van der Waals surface area contributed by atoms with Gasteiger partial charge in [0.15, 0.2) is 0 Å². The van der Waals surface area contributed by atoms with E-state index < -0.39 is 0 Å². The van der Waals surface area contributed by atoms with Gasteiger partial charge in [-0.1, -0.05) is 28.1 Å². The highest BCUT2D eigenvalue weighted by Crippen LogP contribution is 2.27. The van der Waals surface area contributed by atoms with Crippen molar-refractivity contribution in [2.75, 3.05) is 23.0 Å². The third-order valence-electron chi connectivity index (χ3n) is 3.09. The summed E-state index contributed by atoms with van der Waals surface area (Å²) in [5.41, 5.74) is 4.17. The van der Waals surface area contributed by atoms with E-state index in [-0.39, 0.29) is 0 Å². The van der Waals surface area contributed by atoms with E-state index in [9.17, 15) is 0 Å². The molecular formula is C13H18BrNS. The molecule has 1 fully saturated rings. The number of benzene rings is 1. The van der Waals surface area contributed by atoms with E-state index in [1.54, 1.807) is 0 Å². The van der Waals surface area contributed by atoms with Gasteiger partial charge in [0.05, 0.1) is 0 Å². The number of hydrogen-bond donors (Lipinski definition) is 0. The fourth-order valence-corrected chi connectivity index (χ4v) is 3.57. The number of alkyl halides is 1. The van der Waals surface area contributed by atoms with Crippen LogP contribution in [0.4, 0.5) is 5.69 Å². The lowest BCUT2D eigenvalue weighted by Crippen LogP contribution is -2.40. The maximum absolute atomic E-state index is 3.51. The molecule has 2 rings (SSSR count). The smallest absolute Gasteiger partial charge is 0.0399 e. The van der Waals surface area contributed by atoms with E-state index in [4.69, 9.17) is 0 Å². The lowest BCUT2D eigenvalue weighted by atomic mass is 10.1. The molecule has 0 amide bonds. The summed E-state index contributed by atoms with van der Waals surface area (Å²) in [6.45, 7) is 5.72. The fourth-order valence-electron chi connectivity index (χ4n) is 2.21. The minimum atomic E-state index is 0.660. The minimum Gasteiger partial charge on any atom is -0.367 e. The monoisotopic (exact) mass is 299 g/mol. The predicted octanol–water partition coefficient (Wildman–Crippen LogP) is 3.83. The Balaban J connectivity index is 2.25. The van der Waals surface area contributed by atoms with E-state index >= 15 is 0 Å². The van der Waals surface area contributed by atoms with Gasteiger partial charge in [-0.25, -0.2) is 0 Å². The first kappa shape index (κ1) is 12.3. The maximum Gasteiger partial charge on any atom is 0.0399 e. The van der Waals surface area contributed by atoms with Gasteiger partial charge in [0.1, 0.15) is 0 Å². The van der Waals surface area contributed by atoms with Crippen molar-refractivity contribution < 1.29 is 0 Å². The van der Waals surface area contributed by atoms with Crippen LogP contribution in [0.25, 0.3) is 0 Å². The third kappa shape index (κ3) is 2.57. The zero-order chi connectivity index (χ0) is 11.5. The molecule has 1 unspecified atom stereocenters. The molecule has 1 aliphatic rings. The Kier molecular flexibility index (Phi) is 4.20. The molecule has 1 saturated heterocycles. The van der Waals surface area contributed by atoms with Gasteiger partial charge in [0, 0.05) is 35.1 Å². The van der Waals surface area contributed by atoms with E-state index in [1.165, 1.54) is 34.9 Å². The summed E-state index contributed by atoms with van der Waals surface area (Å²) in [6, 6.07) is 7.45. The minimum absolute atomic E-state index is 0.660. The van der Waals surface area contributed by atoms with Gasteiger partial charge >= 0.3 is 0 Å². The molecule has 0 saturated carbocycles. The van der Waals surface area contributed by atoms with Gasteiger partial charge in [-0.05, 0) is 31.0 Å². The van der Waals surface area contributed by atoms with Crippen LogP contribution >= 0.6 is 27.7 Å². The van der Waals surface area contributed by atoms with E-state index in [1.807, 2.05) is 0 Å². The van der Waals surface area contributed by atoms with Crippen molar-refractivity contribution in [1.82, 2.24) is 0 Å². The van der Waals surface area contributed by atoms with Crippen LogP contribution in [0.5, 0.6) is 0 Å². The summed E-state index contributed by atoms with van der Waals surface area (Å²) >= 11 is 5.57. The normalized spacial score (nSPS) is 21.2. The molecule has 0 N–H and O–H groups in total. The van der Waals surface area contributed by atoms with E-state index in [0.717, 1.165) is 5.33 Å². The summed E-state index contributed by atoms with van der Waals surface area (Å²) < 4.78 is 0. The lowest BCUT2D eigenvalue weighted by Gasteiger charge is -2.36. The van der Waals surface area contributed by atoms with Gasteiger partial charge in [0.25, 0.3) is 0 Å². The number of halogens is 1. The molecular weight excluding hydrogens is 282 g/mol. The van der Waals surface area contributed by atoms with Crippen LogP contribution in [0.1, 0.15) is 18.1 Å². The average molecular weight is 300 g/mol. The molecule has 0 bridgehead atoms. The molecule has 0 radical (unpaired) electrons. The van der Waals surface area contributed by atoms with E-state index in [0.29, 0.717) is 6.04 Å². The highest BCUT2D eigenvalue weighted by atomic mass is 79.9. The molecule has 16 heavy (non-hydrogen) atoms. The van der Waals surface area contributed by atoms with Crippen molar-refractivity contribution in [1.29, 1.82) is 0 Å². The van der Waals surface area contributed by atoms with Gasteiger partial charge in [-0.15, -0.1) is 0 Å². The number of thioether (sulfide) groups is 1. The van der Waals surface area contributed by atoms with Gasteiger partial charge < -0.3 is 4.90 Å². The molecule has 88 valence electrons. The Morgan fingerprint density at radius 1 is 1.50 bits per heavy atom. The summed E-state index contributed by atoms with van der Waals surface area (Å²) in [4.78, 5) is 2.55. The Hall–Kier alpha value is -0.150. The number of anilines is 1. The topological polar surface area (TPSA) is 3.24 Å². The Morgan fingerprint density at radius 3 is 2.94 bits per heavy atom. The van der Waals surface area contributed by atoms with Crippen LogP contribution in [-0.2, 0) is 5.33 Å². The van der Waals surface area contributed by atoms with Crippen LogP contribution in [0.15, 0.2) is 18.2 Å². The summed E-state index contributed by atoms with van der Waals surface area (Å²) in [5, 5.41) is 0.944. The molecule has 0 aromatic heterocycles. The van der Waals surface area contributed by atoms with Crippen molar-refractivity contribution in [2.24, 2.45) is 0 Å². The first-order valence-electron chi connectivity index (χ1n) is 5.72. The number of rotatable bonds is 2.